The summed E-state index contributed by atoms with van der Waals surface area (Å²) in [5.74, 6) is -0.0959. The van der Waals surface area contributed by atoms with Crippen molar-refractivity contribution in [3.05, 3.63) is 23.8 Å². The van der Waals surface area contributed by atoms with Crippen molar-refractivity contribution < 1.29 is 29.2 Å². The van der Waals surface area contributed by atoms with E-state index in [1.54, 1.807) is 6.07 Å². The average Bonchev–Trinajstić information content (AvgIpc) is 2.88. The van der Waals surface area contributed by atoms with Crippen molar-refractivity contribution in [2.75, 3.05) is 13.2 Å². The SMILES string of the molecule is CCCCCCCCCOC(CCCCCc1cccc(OC(=O)O)c1O)OCCCCCCCCC. The Kier molecular flexibility index (Phi) is 21.0. The highest BCUT2D eigenvalue weighted by Crippen LogP contribution is 2.31. The van der Waals surface area contributed by atoms with Crippen LogP contribution in [0.3, 0.4) is 0 Å². The lowest BCUT2D eigenvalue weighted by Crippen LogP contribution is -2.19. The first-order valence-electron chi connectivity index (χ1n) is 15.0. The van der Waals surface area contributed by atoms with Gasteiger partial charge in [-0.1, -0.05) is 109 Å². The van der Waals surface area contributed by atoms with Gasteiger partial charge in [-0.3, -0.25) is 0 Å². The number of para-hydroxylation sites is 1. The topological polar surface area (TPSA) is 85.2 Å². The first-order chi connectivity index (χ1) is 18.1. The Hall–Kier alpha value is -1.79. The van der Waals surface area contributed by atoms with Gasteiger partial charge in [-0.2, -0.15) is 0 Å². The molecule has 0 radical (unpaired) electrons. The van der Waals surface area contributed by atoms with Crippen LogP contribution in [-0.4, -0.2) is 35.9 Å². The van der Waals surface area contributed by atoms with Crippen LogP contribution in [0.2, 0.25) is 0 Å². The number of hydrogen-bond acceptors (Lipinski definition) is 5. The fourth-order valence-electron chi connectivity index (χ4n) is 4.51. The van der Waals surface area contributed by atoms with Crippen LogP contribution in [0.1, 0.15) is 135 Å². The van der Waals surface area contributed by atoms with Gasteiger partial charge in [0, 0.05) is 13.2 Å². The zero-order chi connectivity index (χ0) is 27.0. The minimum absolute atomic E-state index is 0.0115. The van der Waals surface area contributed by atoms with E-state index >= 15 is 0 Å². The van der Waals surface area contributed by atoms with Crippen LogP contribution in [0.4, 0.5) is 4.79 Å². The Bertz CT molecular complexity index is 658. The minimum atomic E-state index is -1.42. The van der Waals surface area contributed by atoms with E-state index in [-0.39, 0.29) is 17.8 Å². The zero-order valence-electron chi connectivity index (χ0n) is 23.7. The van der Waals surface area contributed by atoms with Crippen LogP contribution in [-0.2, 0) is 15.9 Å². The van der Waals surface area contributed by atoms with Crippen molar-refractivity contribution >= 4 is 6.16 Å². The van der Waals surface area contributed by atoms with E-state index in [4.69, 9.17) is 14.6 Å². The maximum atomic E-state index is 10.8. The number of unbranched alkanes of at least 4 members (excludes halogenated alkanes) is 14. The number of ether oxygens (including phenoxy) is 3. The molecular weight excluding hydrogens is 468 g/mol. The summed E-state index contributed by atoms with van der Waals surface area (Å²) in [5.41, 5.74) is 0.709. The summed E-state index contributed by atoms with van der Waals surface area (Å²) < 4.78 is 16.9. The fourth-order valence-corrected chi connectivity index (χ4v) is 4.51. The largest absolute Gasteiger partial charge is 0.511 e. The molecule has 6 heteroatoms. The van der Waals surface area contributed by atoms with Crippen LogP contribution >= 0.6 is 0 Å². The standard InChI is InChI=1S/C31H54O6/c1-3-5-7-9-11-13-18-25-35-29(36-26-19-14-12-10-8-6-4-2)24-17-15-16-21-27-22-20-23-28(30(27)32)37-31(33)34/h20,22-23,29,32H,3-19,21,24-26H2,1-2H3,(H,33,34). The summed E-state index contributed by atoms with van der Waals surface area (Å²) in [4.78, 5) is 10.8. The molecule has 0 atom stereocenters. The molecule has 0 aliphatic heterocycles. The summed E-state index contributed by atoms with van der Waals surface area (Å²) in [6, 6.07) is 4.98. The molecule has 0 aliphatic rings. The molecule has 0 aliphatic carbocycles. The third-order valence-corrected chi connectivity index (χ3v) is 6.77. The number of hydrogen-bond donors (Lipinski definition) is 2. The third kappa shape index (κ3) is 18.2. The molecule has 0 unspecified atom stereocenters. The molecule has 0 aromatic heterocycles. The van der Waals surface area contributed by atoms with Crippen LogP contribution < -0.4 is 4.74 Å². The molecular formula is C31H54O6. The minimum Gasteiger partial charge on any atom is -0.504 e. The number of rotatable bonds is 25. The summed E-state index contributed by atoms with van der Waals surface area (Å²) in [7, 11) is 0. The van der Waals surface area contributed by atoms with Gasteiger partial charge in [-0.25, -0.2) is 4.79 Å². The van der Waals surface area contributed by atoms with Gasteiger partial charge in [-0.15, -0.1) is 0 Å². The molecule has 37 heavy (non-hydrogen) atoms. The second-order valence-electron chi connectivity index (χ2n) is 10.1. The van der Waals surface area contributed by atoms with Gasteiger partial charge in [0.25, 0.3) is 0 Å². The third-order valence-electron chi connectivity index (χ3n) is 6.77. The molecule has 0 spiro atoms. The quantitative estimate of drug-likeness (QED) is 0.0576. The van der Waals surface area contributed by atoms with E-state index in [1.165, 1.54) is 83.1 Å². The lowest BCUT2D eigenvalue weighted by atomic mass is 10.0. The molecule has 214 valence electrons. The van der Waals surface area contributed by atoms with Crippen LogP contribution in [0, 0.1) is 0 Å². The predicted molar refractivity (Wildman–Crippen MR) is 151 cm³/mol. The molecule has 0 amide bonds. The Morgan fingerprint density at radius 3 is 1.78 bits per heavy atom. The van der Waals surface area contributed by atoms with E-state index in [9.17, 15) is 9.90 Å². The molecule has 0 saturated carbocycles. The summed E-state index contributed by atoms with van der Waals surface area (Å²) >= 11 is 0. The van der Waals surface area contributed by atoms with E-state index in [0.717, 1.165) is 51.7 Å². The van der Waals surface area contributed by atoms with Crippen molar-refractivity contribution in [2.45, 2.75) is 142 Å². The van der Waals surface area contributed by atoms with Gasteiger partial charge < -0.3 is 24.4 Å². The Balaban J connectivity index is 2.32. The van der Waals surface area contributed by atoms with Crippen LogP contribution in [0.5, 0.6) is 11.5 Å². The maximum absolute atomic E-state index is 10.8. The fraction of sp³-hybridized carbons (Fsp3) is 0.774. The normalized spacial score (nSPS) is 11.3. The Morgan fingerprint density at radius 2 is 1.24 bits per heavy atom. The summed E-state index contributed by atoms with van der Waals surface area (Å²) in [6.45, 7) is 6.03. The molecule has 1 aromatic carbocycles. The smallest absolute Gasteiger partial charge is 0.504 e. The number of benzene rings is 1. The second-order valence-corrected chi connectivity index (χ2v) is 10.1. The van der Waals surface area contributed by atoms with E-state index in [2.05, 4.69) is 18.6 Å². The van der Waals surface area contributed by atoms with Crippen molar-refractivity contribution in [1.29, 1.82) is 0 Å². The molecule has 0 bridgehead atoms. The highest BCUT2D eigenvalue weighted by Gasteiger charge is 2.12. The Morgan fingerprint density at radius 1 is 0.730 bits per heavy atom. The number of phenols is 1. The first kappa shape index (κ1) is 33.2. The highest BCUT2D eigenvalue weighted by molar-refractivity contribution is 5.63. The van der Waals surface area contributed by atoms with Gasteiger partial charge in [-0.05, 0) is 50.2 Å². The molecule has 0 heterocycles. The number of aromatic hydroxyl groups is 1. The monoisotopic (exact) mass is 522 g/mol. The van der Waals surface area contributed by atoms with Gasteiger partial charge in [0.1, 0.15) is 0 Å². The predicted octanol–water partition coefficient (Wildman–Crippen LogP) is 9.41. The highest BCUT2D eigenvalue weighted by atomic mass is 16.7. The van der Waals surface area contributed by atoms with Gasteiger partial charge in [0.15, 0.2) is 17.8 Å². The molecule has 2 N–H and O–H groups in total. The van der Waals surface area contributed by atoms with Gasteiger partial charge in [0.2, 0.25) is 0 Å². The molecule has 0 fully saturated rings. The number of phenolic OH excluding ortho intramolecular Hbond substituents is 1. The van der Waals surface area contributed by atoms with Crippen molar-refractivity contribution in [2.24, 2.45) is 0 Å². The van der Waals surface area contributed by atoms with Crippen molar-refractivity contribution in [1.82, 2.24) is 0 Å². The maximum Gasteiger partial charge on any atom is 0.511 e. The number of carbonyl (C=O) groups is 1. The lowest BCUT2D eigenvalue weighted by molar-refractivity contribution is -0.148. The molecule has 1 rings (SSSR count). The zero-order valence-corrected chi connectivity index (χ0v) is 23.7. The second kappa shape index (κ2) is 23.3. The van der Waals surface area contributed by atoms with Crippen molar-refractivity contribution in [3.8, 4) is 11.5 Å². The first-order valence-corrected chi connectivity index (χ1v) is 15.0. The summed E-state index contributed by atoms with van der Waals surface area (Å²) in [5, 5.41) is 19.0. The summed E-state index contributed by atoms with van der Waals surface area (Å²) in [6.07, 6.45) is 20.7. The molecule has 6 nitrogen and oxygen atoms in total. The van der Waals surface area contributed by atoms with E-state index in [1.807, 2.05) is 6.07 Å². The van der Waals surface area contributed by atoms with Crippen LogP contribution in [0.25, 0.3) is 0 Å². The Labute approximate surface area is 226 Å². The number of aryl methyl sites for hydroxylation is 1. The van der Waals surface area contributed by atoms with Crippen molar-refractivity contribution in [3.63, 3.8) is 0 Å². The van der Waals surface area contributed by atoms with E-state index < -0.39 is 6.16 Å². The van der Waals surface area contributed by atoms with Gasteiger partial charge in [0.05, 0.1) is 0 Å². The van der Waals surface area contributed by atoms with Crippen LogP contribution in [0.15, 0.2) is 18.2 Å². The van der Waals surface area contributed by atoms with Gasteiger partial charge >= 0.3 is 6.16 Å². The number of carboxylic acid groups (broad SMARTS) is 1. The average molecular weight is 523 g/mol. The lowest BCUT2D eigenvalue weighted by Gasteiger charge is -2.19. The molecule has 0 saturated heterocycles. The van der Waals surface area contributed by atoms with E-state index in [0.29, 0.717) is 12.0 Å². The molecule has 1 aromatic rings.